The van der Waals surface area contributed by atoms with Crippen molar-refractivity contribution in [3.05, 3.63) is 41.2 Å². The van der Waals surface area contributed by atoms with Crippen LogP contribution in [0.15, 0.2) is 24.4 Å². The Hall–Kier alpha value is -1.68. The third-order valence-electron chi connectivity index (χ3n) is 4.29. The number of fused-ring (bicyclic) bond motifs is 1. The summed E-state index contributed by atoms with van der Waals surface area (Å²) in [5.74, 6) is 0. The van der Waals surface area contributed by atoms with E-state index < -0.39 is 0 Å². The quantitative estimate of drug-likeness (QED) is 0.877. The van der Waals surface area contributed by atoms with Gasteiger partial charge in [0.05, 0.1) is 5.69 Å². The lowest BCUT2D eigenvalue weighted by atomic mass is 9.99. The van der Waals surface area contributed by atoms with Gasteiger partial charge in [0.2, 0.25) is 0 Å². The minimum absolute atomic E-state index is 0. The lowest BCUT2D eigenvalue weighted by Crippen LogP contribution is -2.29. The second-order valence-electron chi connectivity index (χ2n) is 6.18. The van der Waals surface area contributed by atoms with Crippen LogP contribution in [-0.2, 0) is 13.0 Å². The van der Waals surface area contributed by atoms with Gasteiger partial charge < -0.3 is 10.6 Å². The van der Waals surface area contributed by atoms with E-state index >= 15 is 0 Å². The number of hydrogen-bond donors (Lipinski definition) is 1. The Labute approximate surface area is 138 Å². The SMILES string of the molecule is Cc1nn(C(C)C)cc1CN1CCCc2c(N)cccc21.Cl. The number of aryl methyl sites for hydroxylation is 1. The van der Waals surface area contributed by atoms with Crippen LogP contribution in [0.4, 0.5) is 11.4 Å². The number of hydrogen-bond acceptors (Lipinski definition) is 3. The standard InChI is InChI=1S/C17H24N4.ClH/c1-12(2)21-11-14(13(3)19-21)10-20-9-5-6-15-16(18)7-4-8-17(15)20;/h4,7-8,11-12H,5-6,9-10,18H2,1-3H3;1H. The predicted molar refractivity (Wildman–Crippen MR) is 94.8 cm³/mol. The molecule has 2 N–H and O–H groups in total. The van der Waals surface area contributed by atoms with Crippen molar-refractivity contribution in [3.8, 4) is 0 Å². The van der Waals surface area contributed by atoms with Crippen molar-refractivity contribution in [1.82, 2.24) is 9.78 Å². The summed E-state index contributed by atoms with van der Waals surface area (Å²) in [5.41, 5.74) is 12.1. The van der Waals surface area contributed by atoms with Crippen LogP contribution in [0.5, 0.6) is 0 Å². The fourth-order valence-corrected chi connectivity index (χ4v) is 3.04. The molecule has 0 atom stereocenters. The van der Waals surface area contributed by atoms with Gasteiger partial charge in [-0.3, -0.25) is 4.68 Å². The highest BCUT2D eigenvalue weighted by Gasteiger charge is 2.20. The zero-order valence-electron chi connectivity index (χ0n) is 13.5. The van der Waals surface area contributed by atoms with Gasteiger partial charge in [0, 0.05) is 42.3 Å². The van der Waals surface area contributed by atoms with E-state index in [4.69, 9.17) is 5.73 Å². The van der Waals surface area contributed by atoms with Gasteiger partial charge in [-0.05, 0) is 51.3 Å². The van der Waals surface area contributed by atoms with Crippen LogP contribution in [0.1, 0.15) is 43.1 Å². The third-order valence-corrected chi connectivity index (χ3v) is 4.29. The van der Waals surface area contributed by atoms with Crippen molar-refractivity contribution in [2.24, 2.45) is 0 Å². The van der Waals surface area contributed by atoms with E-state index in [0.717, 1.165) is 30.9 Å². The fraction of sp³-hybridized carbons (Fsp3) is 0.471. The topological polar surface area (TPSA) is 47.1 Å². The molecular weight excluding hydrogens is 296 g/mol. The molecule has 1 aromatic carbocycles. The Bertz CT molecular complexity index is 648. The van der Waals surface area contributed by atoms with Gasteiger partial charge in [0.1, 0.15) is 0 Å². The number of halogens is 1. The summed E-state index contributed by atoms with van der Waals surface area (Å²) < 4.78 is 2.05. The van der Waals surface area contributed by atoms with Crippen LogP contribution in [0.25, 0.3) is 0 Å². The van der Waals surface area contributed by atoms with Gasteiger partial charge in [-0.1, -0.05) is 6.07 Å². The lowest BCUT2D eigenvalue weighted by Gasteiger charge is -2.32. The first-order valence-corrected chi connectivity index (χ1v) is 7.73. The summed E-state index contributed by atoms with van der Waals surface area (Å²) in [6.45, 7) is 8.41. The second kappa shape index (κ2) is 6.61. The van der Waals surface area contributed by atoms with E-state index in [0.29, 0.717) is 6.04 Å². The average molecular weight is 321 g/mol. The lowest BCUT2D eigenvalue weighted by molar-refractivity contribution is 0.528. The van der Waals surface area contributed by atoms with Gasteiger partial charge in [-0.25, -0.2) is 0 Å². The summed E-state index contributed by atoms with van der Waals surface area (Å²) in [4.78, 5) is 2.43. The maximum absolute atomic E-state index is 6.13. The second-order valence-corrected chi connectivity index (χ2v) is 6.18. The molecule has 3 rings (SSSR count). The number of aromatic nitrogens is 2. The van der Waals surface area contributed by atoms with Crippen LogP contribution in [-0.4, -0.2) is 16.3 Å². The highest BCUT2D eigenvalue weighted by atomic mass is 35.5. The number of nitrogens with zero attached hydrogens (tertiary/aromatic N) is 3. The maximum Gasteiger partial charge on any atom is 0.0643 e. The number of anilines is 2. The molecule has 4 nitrogen and oxygen atoms in total. The average Bonchev–Trinajstić information content (AvgIpc) is 2.82. The normalized spacial score (nSPS) is 13.9. The molecule has 0 radical (unpaired) electrons. The Morgan fingerprint density at radius 2 is 2.09 bits per heavy atom. The van der Waals surface area contributed by atoms with Crippen molar-refractivity contribution in [2.75, 3.05) is 17.2 Å². The van der Waals surface area contributed by atoms with Gasteiger partial charge in [-0.15, -0.1) is 12.4 Å². The molecule has 1 aliphatic rings. The molecular formula is C17H25ClN4. The molecule has 0 aliphatic carbocycles. The fourth-order valence-electron chi connectivity index (χ4n) is 3.04. The van der Waals surface area contributed by atoms with Crippen LogP contribution in [0.2, 0.25) is 0 Å². The first-order valence-electron chi connectivity index (χ1n) is 7.73. The summed E-state index contributed by atoms with van der Waals surface area (Å²) >= 11 is 0. The number of rotatable bonds is 3. The van der Waals surface area contributed by atoms with Crippen LogP contribution >= 0.6 is 12.4 Å². The molecule has 1 aliphatic heterocycles. The van der Waals surface area contributed by atoms with E-state index in [2.05, 4.69) is 53.8 Å². The monoisotopic (exact) mass is 320 g/mol. The first-order chi connectivity index (χ1) is 10.1. The molecule has 2 heterocycles. The number of benzene rings is 1. The zero-order valence-corrected chi connectivity index (χ0v) is 14.4. The van der Waals surface area contributed by atoms with Crippen molar-refractivity contribution in [2.45, 2.75) is 46.2 Å². The molecule has 22 heavy (non-hydrogen) atoms. The van der Waals surface area contributed by atoms with Crippen molar-refractivity contribution in [1.29, 1.82) is 0 Å². The minimum Gasteiger partial charge on any atom is -0.398 e. The minimum atomic E-state index is 0. The Morgan fingerprint density at radius 3 is 2.77 bits per heavy atom. The van der Waals surface area contributed by atoms with Crippen LogP contribution in [0.3, 0.4) is 0 Å². The smallest absolute Gasteiger partial charge is 0.0643 e. The molecule has 5 heteroatoms. The summed E-state index contributed by atoms with van der Waals surface area (Å²) in [7, 11) is 0. The Morgan fingerprint density at radius 1 is 1.32 bits per heavy atom. The Kier molecular flexibility index (Phi) is 5.01. The van der Waals surface area contributed by atoms with E-state index in [9.17, 15) is 0 Å². The van der Waals surface area contributed by atoms with E-state index in [1.54, 1.807) is 0 Å². The largest absolute Gasteiger partial charge is 0.398 e. The van der Waals surface area contributed by atoms with Gasteiger partial charge in [0.15, 0.2) is 0 Å². The number of nitrogens with two attached hydrogens (primary N) is 1. The molecule has 2 aromatic rings. The maximum atomic E-state index is 6.13. The molecule has 0 unspecified atom stereocenters. The van der Waals surface area contributed by atoms with Gasteiger partial charge in [-0.2, -0.15) is 5.10 Å². The third kappa shape index (κ3) is 3.07. The van der Waals surface area contributed by atoms with E-state index in [-0.39, 0.29) is 12.4 Å². The molecule has 120 valence electrons. The molecule has 1 aromatic heterocycles. The van der Waals surface area contributed by atoms with E-state index in [1.807, 2.05) is 6.07 Å². The van der Waals surface area contributed by atoms with Crippen molar-refractivity contribution < 1.29 is 0 Å². The van der Waals surface area contributed by atoms with Crippen molar-refractivity contribution >= 4 is 23.8 Å². The van der Waals surface area contributed by atoms with E-state index in [1.165, 1.54) is 23.2 Å². The molecule has 0 saturated heterocycles. The molecule has 0 saturated carbocycles. The zero-order chi connectivity index (χ0) is 15.0. The molecule has 0 amide bonds. The first kappa shape index (κ1) is 16.7. The summed E-state index contributed by atoms with van der Waals surface area (Å²) in [6.07, 6.45) is 4.43. The Balaban J connectivity index is 0.00000176. The molecule has 0 spiro atoms. The predicted octanol–water partition coefficient (Wildman–Crippen LogP) is 3.73. The highest BCUT2D eigenvalue weighted by molar-refractivity contribution is 5.85. The van der Waals surface area contributed by atoms with Crippen LogP contribution < -0.4 is 10.6 Å². The highest BCUT2D eigenvalue weighted by Crippen LogP contribution is 2.32. The van der Waals surface area contributed by atoms with Crippen LogP contribution in [0, 0.1) is 6.92 Å². The van der Waals surface area contributed by atoms with Crippen molar-refractivity contribution in [3.63, 3.8) is 0 Å². The molecule has 0 bridgehead atoms. The summed E-state index contributed by atoms with van der Waals surface area (Å²) in [5, 5.41) is 4.61. The van der Waals surface area contributed by atoms with Gasteiger partial charge in [0.25, 0.3) is 0 Å². The molecule has 0 fully saturated rings. The van der Waals surface area contributed by atoms with Gasteiger partial charge >= 0.3 is 0 Å². The summed E-state index contributed by atoms with van der Waals surface area (Å²) in [6, 6.07) is 6.65. The number of nitrogen functional groups attached to an aromatic ring is 1.